The van der Waals surface area contributed by atoms with E-state index in [-0.39, 0.29) is 30.8 Å². The predicted octanol–water partition coefficient (Wildman–Crippen LogP) is 4.18. The molecule has 0 aliphatic carbocycles. The molecule has 1 N–H and O–H groups in total. The van der Waals surface area contributed by atoms with Gasteiger partial charge >= 0.3 is 0 Å². The fourth-order valence-electron chi connectivity index (χ4n) is 4.50. The Bertz CT molecular complexity index is 1390. The standard InChI is InChI=1S/C28H28ClFN4O5/c1-28(2)37-17-21(39-28)15-33-12-11-25(32-33)31-27(36)23(13-18-7-9-19(30)10-8-18)34-16-20(14-26(34)35)38-24-6-4-3-5-22(24)29/h3-12,14,21,23H,13,15-17H2,1-2H3,(H,31,32,36)/t21-,23+/m1/s1. The number of hydrogen-bond donors (Lipinski definition) is 1. The van der Waals surface area contributed by atoms with Crippen molar-refractivity contribution in [2.75, 3.05) is 18.5 Å². The minimum absolute atomic E-state index is 0.0621. The fourth-order valence-corrected chi connectivity index (χ4v) is 4.67. The lowest BCUT2D eigenvalue weighted by Gasteiger charge is -2.27. The highest BCUT2D eigenvalue weighted by molar-refractivity contribution is 6.32. The van der Waals surface area contributed by atoms with Gasteiger partial charge in [0.1, 0.15) is 29.5 Å². The van der Waals surface area contributed by atoms with Crippen LogP contribution in [0.15, 0.2) is 72.6 Å². The van der Waals surface area contributed by atoms with Crippen molar-refractivity contribution in [1.29, 1.82) is 0 Å². The first kappa shape index (κ1) is 26.9. The van der Waals surface area contributed by atoms with Gasteiger partial charge in [0.25, 0.3) is 5.91 Å². The summed E-state index contributed by atoms with van der Waals surface area (Å²) in [6.07, 6.45) is 3.07. The van der Waals surface area contributed by atoms with E-state index in [4.69, 9.17) is 25.8 Å². The average Bonchev–Trinajstić information content (AvgIpc) is 3.58. The number of hydrogen-bond acceptors (Lipinski definition) is 6. The second-order valence-corrected chi connectivity index (χ2v) is 10.2. The second kappa shape index (κ2) is 11.2. The number of anilines is 1. The summed E-state index contributed by atoms with van der Waals surface area (Å²) in [7, 11) is 0. The van der Waals surface area contributed by atoms with Gasteiger partial charge in [-0.05, 0) is 43.7 Å². The van der Waals surface area contributed by atoms with Crippen molar-refractivity contribution in [2.45, 2.75) is 44.7 Å². The first-order valence-electron chi connectivity index (χ1n) is 12.5. The molecule has 0 radical (unpaired) electrons. The molecule has 1 fully saturated rings. The lowest BCUT2D eigenvalue weighted by atomic mass is 10.0. The SMILES string of the molecule is CC1(C)OC[C@@H](Cn2ccc(NC(=O)[C@H](Cc3ccc(F)cc3)N3CC(Oc4ccccc4Cl)=CC3=O)n2)O1. The topological polar surface area (TPSA) is 94.9 Å². The van der Waals surface area contributed by atoms with Crippen LogP contribution in [-0.2, 0) is 32.0 Å². The van der Waals surface area contributed by atoms with Gasteiger partial charge in [-0.2, -0.15) is 5.10 Å². The second-order valence-electron chi connectivity index (χ2n) is 9.82. The Balaban J connectivity index is 1.30. The molecular weight excluding hydrogens is 527 g/mol. The Morgan fingerprint density at radius 1 is 1.23 bits per heavy atom. The lowest BCUT2D eigenvalue weighted by molar-refractivity contribution is -0.139. The number of carbonyl (C=O) groups is 2. The molecule has 0 saturated carbocycles. The van der Waals surface area contributed by atoms with Gasteiger partial charge in [0, 0.05) is 24.8 Å². The molecule has 2 amide bonds. The molecule has 1 saturated heterocycles. The lowest BCUT2D eigenvalue weighted by Crippen LogP contribution is -2.47. The Labute approximate surface area is 230 Å². The molecule has 11 heteroatoms. The number of nitrogens with one attached hydrogen (secondary N) is 1. The number of rotatable bonds is 9. The molecule has 2 aliphatic rings. The van der Waals surface area contributed by atoms with Crippen molar-refractivity contribution in [3.8, 4) is 5.75 Å². The summed E-state index contributed by atoms with van der Waals surface area (Å²) in [5, 5.41) is 7.64. The van der Waals surface area contributed by atoms with Crippen LogP contribution < -0.4 is 10.1 Å². The maximum Gasteiger partial charge on any atom is 0.251 e. The van der Waals surface area contributed by atoms with Crippen molar-refractivity contribution in [1.82, 2.24) is 14.7 Å². The van der Waals surface area contributed by atoms with E-state index < -0.39 is 17.7 Å². The third kappa shape index (κ3) is 6.65. The molecule has 0 bridgehead atoms. The van der Waals surface area contributed by atoms with Crippen molar-refractivity contribution in [3.63, 3.8) is 0 Å². The van der Waals surface area contributed by atoms with Crippen LogP contribution in [0.4, 0.5) is 10.2 Å². The van der Waals surface area contributed by atoms with Gasteiger partial charge in [-0.3, -0.25) is 14.3 Å². The Morgan fingerprint density at radius 2 is 2.00 bits per heavy atom. The van der Waals surface area contributed by atoms with E-state index in [9.17, 15) is 14.0 Å². The highest BCUT2D eigenvalue weighted by atomic mass is 35.5. The molecule has 2 atom stereocenters. The molecule has 1 aromatic heterocycles. The van der Waals surface area contributed by atoms with Crippen LogP contribution in [0.1, 0.15) is 19.4 Å². The highest BCUT2D eigenvalue weighted by Gasteiger charge is 2.35. The molecule has 0 spiro atoms. The van der Waals surface area contributed by atoms with Gasteiger partial charge in [-0.1, -0.05) is 35.9 Å². The van der Waals surface area contributed by atoms with Gasteiger partial charge in [0.15, 0.2) is 11.6 Å². The molecule has 0 unspecified atom stereocenters. The molecule has 9 nitrogen and oxygen atoms in total. The zero-order chi connectivity index (χ0) is 27.6. The summed E-state index contributed by atoms with van der Waals surface area (Å²) in [6, 6.07) is 13.5. The van der Waals surface area contributed by atoms with Gasteiger partial charge < -0.3 is 24.4 Å². The van der Waals surface area contributed by atoms with Crippen LogP contribution in [0.2, 0.25) is 5.02 Å². The van der Waals surface area contributed by atoms with Crippen molar-refractivity contribution in [2.24, 2.45) is 0 Å². The van der Waals surface area contributed by atoms with E-state index in [0.29, 0.717) is 41.1 Å². The van der Waals surface area contributed by atoms with Crippen LogP contribution in [0.3, 0.4) is 0 Å². The molecular formula is C28H28ClFN4O5. The van der Waals surface area contributed by atoms with Gasteiger partial charge in [-0.25, -0.2) is 4.39 Å². The predicted molar refractivity (Wildman–Crippen MR) is 142 cm³/mol. The monoisotopic (exact) mass is 554 g/mol. The van der Waals surface area contributed by atoms with Crippen LogP contribution in [0.5, 0.6) is 5.75 Å². The summed E-state index contributed by atoms with van der Waals surface area (Å²) in [4.78, 5) is 27.9. The van der Waals surface area contributed by atoms with E-state index in [1.807, 2.05) is 13.8 Å². The number of aromatic nitrogens is 2. The molecule has 204 valence electrons. The highest BCUT2D eigenvalue weighted by Crippen LogP contribution is 2.28. The number of halogens is 2. The van der Waals surface area contributed by atoms with Crippen LogP contribution in [0.25, 0.3) is 0 Å². The van der Waals surface area contributed by atoms with Crippen molar-refractivity contribution < 1.29 is 28.2 Å². The van der Waals surface area contributed by atoms with Crippen molar-refractivity contribution >= 4 is 29.2 Å². The minimum Gasteiger partial charge on any atom is -0.458 e. The normalized spacial score (nSPS) is 19.2. The van der Waals surface area contributed by atoms with Gasteiger partial charge in [-0.15, -0.1) is 0 Å². The maximum absolute atomic E-state index is 13.5. The van der Waals surface area contributed by atoms with Gasteiger partial charge in [0.2, 0.25) is 5.91 Å². The quantitative estimate of drug-likeness (QED) is 0.426. The summed E-state index contributed by atoms with van der Waals surface area (Å²) < 4.78 is 32.4. The fraction of sp³-hybridized carbons (Fsp3) is 0.321. The summed E-state index contributed by atoms with van der Waals surface area (Å²) in [5.41, 5.74) is 0.691. The van der Waals surface area contributed by atoms with Crippen LogP contribution >= 0.6 is 11.6 Å². The van der Waals surface area contributed by atoms with Gasteiger partial charge in [0.05, 0.1) is 24.7 Å². The summed E-state index contributed by atoms with van der Waals surface area (Å²) in [5.74, 6) is -0.763. The molecule has 3 heterocycles. The molecule has 39 heavy (non-hydrogen) atoms. The average molecular weight is 555 g/mol. The first-order chi connectivity index (χ1) is 18.6. The minimum atomic E-state index is -0.913. The number of nitrogens with zero attached hydrogens (tertiary/aromatic N) is 3. The zero-order valence-corrected chi connectivity index (χ0v) is 22.2. The first-order valence-corrected chi connectivity index (χ1v) is 12.9. The van der Waals surface area contributed by atoms with Crippen LogP contribution in [-0.4, -0.2) is 57.6 Å². The Morgan fingerprint density at radius 3 is 2.72 bits per heavy atom. The van der Waals surface area contributed by atoms with E-state index >= 15 is 0 Å². The maximum atomic E-state index is 13.5. The van der Waals surface area contributed by atoms with E-state index in [0.717, 1.165) is 0 Å². The number of para-hydroxylation sites is 1. The number of carbonyl (C=O) groups excluding carboxylic acids is 2. The zero-order valence-electron chi connectivity index (χ0n) is 21.5. The Kier molecular flexibility index (Phi) is 7.69. The largest absolute Gasteiger partial charge is 0.458 e. The summed E-state index contributed by atoms with van der Waals surface area (Å²) in [6.45, 7) is 4.66. The van der Waals surface area contributed by atoms with E-state index in [1.165, 1.54) is 23.1 Å². The molecule has 5 rings (SSSR count). The molecule has 2 aromatic carbocycles. The molecule has 3 aromatic rings. The molecule has 2 aliphatic heterocycles. The third-order valence-corrected chi connectivity index (χ3v) is 6.65. The van der Waals surface area contributed by atoms with E-state index in [2.05, 4.69) is 10.4 Å². The summed E-state index contributed by atoms with van der Waals surface area (Å²) >= 11 is 6.20. The van der Waals surface area contributed by atoms with Crippen LogP contribution in [0, 0.1) is 5.82 Å². The number of amides is 2. The number of benzene rings is 2. The van der Waals surface area contributed by atoms with Crippen molar-refractivity contribution in [3.05, 3.63) is 89.0 Å². The smallest absolute Gasteiger partial charge is 0.251 e. The third-order valence-electron chi connectivity index (χ3n) is 6.34. The number of ether oxygens (including phenoxy) is 3. The van der Waals surface area contributed by atoms with E-state index in [1.54, 1.807) is 53.3 Å². The Hall–Kier alpha value is -3.73.